The molecule has 1 aromatic carbocycles. The molecule has 1 fully saturated rings. The highest BCUT2D eigenvalue weighted by atomic mass is 16.5. The molecule has 1 saturated heterocycles. The maximum Gasteiger partial charge on any atom is 0.267 e. The molecule has 0 radical (unpaired) electrons. The smallest absolute Gasteiger partial charge is 0.267 e. The fourth-order valence-corrected chi connectivity index (χ4v) is 4.22. The van der Waals surface area contributed by atoms with Crippen molar-refractivity contribution in [1.82, 2.24) is 14.8 Å². The molecule has 30 heavy (non-hydrogen) atoms. The number of fused-ring (bicyclic) bond motifs is 1. The molecule has 2 aliphatic heterocycles. The largest absolute Gasteiger partial charge is 0.480 e. The number of benzene rings is 1. The van der Waals surface area contributed by atoms with Crippen molar-refractivity contribution in [1.29, 1.82) is 0 Å². The first-order valence-corrected chi connectivity index (χ1v) is 10.5. The van der Waals surface area contributed by atoms with Gasteiger partial charge in [-0.25, -0.2) is 4.98 Å². The zero-order valence-electron chi connectivity index (χ0n) is 17.6. The number of unbranched alkanes of at least 4 members (excludes halogenated alkanes) is 1. The Morgan fingerprint density at radius 2 is 1.67 bits per heavy atom. The molecule has 0 saturated carbocycles. The second-order valence-electron chi connectivity index (χ2n) is 7.83. The van der Waals surface area contributed by atoms with Crippen molar-refractivity contribution in [3.8, 4) is 5.88 Å². The number of imide groups is 1. The van der Waals surface area contributed by atoms with Gasteiger partial charge in [-0.15, -0.1) is 0 Å². The number of hydrogen-bond donors (Lipinski definition) is 0. The summed E-state index contributed by atoms with van der Waals surface area (Å²) in [6, 6.07) is 12.2. The summed E-state index contributed by atoms with van der Waals surface area (Å²) in [5.74, 6) is -0.298. The molecule has 7 heteroatoms. The van der Waals surface area contributed by atoms with E-state index in [1.807, 2.05) is 6.07 Å². The Labute approximate surface area is 177 Å². The third-order valence-electron chi connectivity index (χ3n) is 5.84. The van der Waals surface area contributed by atoms with Crippen LogP contribution in [0.3, 0.4) is 0 Å². The number of aromatic nitrogens is 1. The summed E-state index contributed by atoms with van der Waals surface area (Å²) in [6.45, 7) is 7.31. The van der Waals surface area contributed by atoms with Crippen LogP contribution in [0.4, 0.5) is 5.69 Å². The lowest BCUT2D eigenvalue weighted by atomic mass is 10.1. The first-order valence-electron chi connectivity index (χ1n) is 10.5. The van der Waals surface area contributed by atoms with Crippen LogP contribution in [0, 0.1) is 6.92 Å². The van der Waals surface area contributed by atoms with Gasteiger partial charge in [-0.05, 0) is 44.5 Å². The molecule has 2 aromatic rings. The predicted molar refractivity (Wildman–Crippen MR) is 115 cm³/mol. The van der Waals surface area contributed by atoms with Gasteiger partial charge < -0.3 is 9.64 Å². The number of carbonyl (C=O) groups excluding carboxylic acids is 2. The lowest BCUT2D eigenvalue weighted by Crippen LogP contribution is -2.46. The van der Waals surface area contributed by atoms with Gasteiger partial charge in [0.1, 0.15) is 5.56 Å². The second kappa shape index (κ2) is 8.83. The van der Waals surface area contributed by atoms with E-state index < -0.39 is 0 Å². The summed E-state index contributed by atoms with van der Waals surface area (Å²) in [5, 5.41) is 0. The molecule has 0 aliphatic carbocycles. The van der Waals surface area contributed by atoms with Crippen molar-refractivity contribution in [3.63, 3.8) is 0 Å². The Balaban J connectivity index is 1.25. The van der Waals surface area contributed by atoms with E-state index >= 15 is 0 Å². The van der Waals surface area contributed by atoms with Crippen LogP contribution in [0.2, 0.25) is 0 Å². The number of rotatable bonds is 7. The van der Waals surface area contributed by atoms with Crippen molar-refractivity contribution >= 4 is 17.5 Å². The standard InChI is InChI=1S/C23H28N4O3/c1-17-16-19-20(21(24-17)30-2)23(29)27(22(19)28)11-7-6-10-25-12-14-26(15-13-25)18-8-4-3-5-9-18/h3-5,8-9,16H,6-7,10-15H2,1-2H3. The molecule has 2 aliphatic rings. The molecular weight excluding hydrogens is 380 g/mol. The average molecular weight is 409 g/mol. The first-order chi connectivity index (χ1) is 14.6. The maximum absolute atomic E-state index is 12.7. The van der Waals surface area contributed by atoms with Crippen LogP contribution in [0.15, 0.2) is 36.4 Å². The highest BCUT2D eigenvalue weighted by Gasteiger charge is 2.38. The number of ether oxygens (including phenoxy) is 1. The lowest BCUT2D eigenvalue weighted by Gasteiger charge is -2.36. The van der Waals surface area contributed by atoms with Crippen LogP contribution in [0.25, 0.3) is 0 Å². The average Bonchev–Trinajstić information content (AvgIpc) is 3.01. The minimum atomic E-state index is -0.296. The van der Waals surface area contributed by atoms with E-state index in [0.717, 1.165) is 45.6 Å². The summed E-state index contributed by atoms with van der Waals surface area (Å²) in [5.41, 5.74) is 2.65. The summed E-state index contributed by atoms with van der Waals surface area (Å²) < 4.78 is 5.23. The molecule has 4 rings (SSSR count). The van der Waals surface area contributed by atoms with Crippen molar-refractivity contribution in [2.24, 2.45) is 0 Å². The van der Waals surface area contributed by atoms with E-state index in [-0.39, 0.29) is 17.7 Å². The third kappa shape index (κ3) is 4.03. The molecule has 2 amide bonds. The van der Waals surface area contributed by atoms with E-state index in [4.69, 9.17) is 4.74 Å². The van der Waals surface area contributed by atoms with E-state index in [9.17, 15) is 9.59 Å². The fraction of sp³-hybridized carbons (Fsp3) is 0.435. The van der Waals surface area contributed by atoms with Crippen molar-refractivity contribution in [2.75, 3.05) is 51.3 Å². The highest BCUT2D eigenvalue weighted by Crippen LogP contribution is 2.30. The molecule has 0 unspecified atom stereocenters. The van der Waals surface area contributed by atoms with E-state index in [2.05, 4.69) is 39.0 Å². The summed E-state index contributed by atoms with van der Waals surface area (Å²) in [4.78, 5) is 35.9. The van der Waals surface area contributed by atoms with Gasteiger partial charge in [-0.1, -0.05) is 18.2 Å². The highest BCUT2D eigenvalue weighted by molar-refractivity contribution is 6.22. The van der Waals surface area contributed by atoms with Gasteiger partial charge >= 0.3 is 0 Å². The molecule has 0 atom stereocenters. The topological polar surface area (TPSA) is 66.0 Å². The quantitative estimate of drug-likeness (QED) is 0.518. The summed E-state index contributed by atoms with van der Waals surface area (Å²) >= 11 is 0. The Morgan fingerprint density at radius 1 is 0.967 bits per heavy atom. The molecule has 0 spiro atoms. The fourth-order valence-electron chi connectivity index (χ4n) is 4.22. The van der Waals surface area contributed by atoms with Crippen LogP contribution in [-0.4, -0.2) is 73.0 Å². The van der Waals surface area contributed by atoms with Crippen molar-refractivity contribution in [3.05, 3.63) is 53.2 Å². The number of nitrogens with zero attached hydrogens (tertiary/aromatic N) is 4. The molecular formula is C23H28N4O3. The van der Waals surface area contributed by atoms with Crippen LogP contribution in [0.5, 0.6) is 5.88 Å². The van der Waals surface area contributed by atoms with E-state index in [0.29, 0.717) is 23.4 Å². The number of piperazine rings is 1. The zero-order chi connectivity index (χ0) is 21.1. The number of pyridine rings is 1. The molecule has 3 heterocycles. The van der Waals surface area contributed by atoms with E-state index in [1.54, 1.807) is 13.0 Å². The van der Waals surface area contributed by atoms with Crippen molar-refractivity contribution < 1.29 is 14.3 Å². The molecule has 1 aromatic heterocycles. The van der Waals surface area contributed by atoms with Gasteiger partial charge in [0, 0.05) is 44.1 Å². The number of aryl methyl sites for hydroxylation is 1. The van der Waals surface area contributed by atoms with Crippen molar-refractivity contribution in [2.45, 2.75) is 19.8 Å². The summed E-state index contributed by atoms with van der Waals surface area (Å²) in [6.07, 6.45) is 1.74. The Hall–Kier alpha value is -2.93. The predicted octanol–water partition coefficient (Wildman–Crippen LogP) is 2.60. The zero-order valence-corrected chi connectivity index (χ0v) is 17.6. The number of methoxy groups -OCH3 is 1. The van der Waals surface area contributed by atoms with Crippen LogP contribution in [0.1, 0.15) is 39.3 Å². The minimum absolute atomic E-state index is 0.238. The maximum atomic E-state index is 12.7. The number of amides is 2. The van der Waals surface area contributed by atoms with Gasteiger partial charge in [-0.3, -0.25) is 19.4 Å². The van der Waals surface area contributed by atoms with Gasteiger partial charge in [-0.2, -0.15) is 0 Å². The Kier molecular flexibility index (Phi) is 5.99. The lowest BCUT2D eigenvalue weighted by molar-refractivity contribution is 0.0649. The van der Waals surface area contributed by atoms with Crippen LogP contribution in [-0.2, 0) is 0 Å². The number of para-hydroxylation sites is 1. The van der Waals surface area contributed by atoms with Gasteiger partial charge in [0.2, 0.25) is 5.88 Å². The molecule has 0 bridgehead atoms. The second-order valence-corrected chi connectivity index (χ2v) is 7.83. The van der Waals surface area contributed by atoms with Crippen LogP contribution >= 0.6 is 0 Å². The first kappa shape index (κ1) is 20.3. The van der Waals surface area contributed by atoms with Crippen LogP contribution < -0.4 is 9.64 Å². The molecule has 158 valence electrons. The minimum Gasteiger partial charge on any atom is -0.480 e. The third-order valence-corrected chi connectivity index (χ3v) is 5.84. The Morgan fingerprint density at radius 3 is 2.37 bits per heavy atom. The number of hydrogen-bond acceptors (Lipinski definition) is 6. The van der Waals surface area contributed by atoms with E-state index in [1.165, 1.54) is 17.7 Å². The van der Waals surface area contributed by atoms with Gasteiger partial charge in [0.05, 0.1) is 12.7 Å². The number of carbonyl (C=O) groups is 2. The van der Waals surface area contributed by atoms with Gasteiger partial charge in [0.15, 0.2) is 0 Å². The molecule has 7 nitrogen and oxygen atoms in total. The molecule has 0 N–H and O–H groups in total. The van der Waals surface area contributed by atoms with Gasteiger partial charge in [0.25, 0.3) is 11.8 Å². The Bertz CT molecular complexity index is 924. The normalized spacial score (nSPS) is 16.9. The summed E-state index contributed by atoms with van der Waals surface area (Å²) in [7, 11) is 1.47. The monoisotopic (exact) mass is 408 g/mol. The SMILES string of the molecule is COc1nc(C)cc2c1C(=O)N(CCCCN1CCN(c3ccccc3)CC1)C2=O. The number of anilines is 1.